The zero-order valence-corrected chi connectivity index (χ0v) is 13.9. The summed E-state index contributed by atoms with van der Waals surface area (Å²) in [7, 11) is -2.02. The van der Waals surface area contributed by atoms with E-state index >= 15 is 0 Å². The lowest BCUT2D eigenvalue weighted by Gasteiger charge is -2.06. The van der Waals surface area contributed by atoms with E-state index in [0.29, 0.717) is 6.42 Å². The quantitative estimate of drug-likeness (QED) is 0.876. The second-order valence-electron chi connectivity index (χ2n) is 5.49. The van der Waals surface area contributed by atoms with Crippen LogP contribution in [0.4, 0.5) is 0 Å². The van der Waals surface area contributed by atoms with E-state index < -0.39 is 10.0 Å². The highest BCUT2D eigenvalue weighted by molar-refractivity contribution is 7.89. The molecule has 3 rings (SSSR count). The molecule has 1 aliphatic carbocycles. The molecular formula is C17H18N2O3S. The number of hydrogen-bond donors (Lipinski definition) is 1. The molecule has 0 heterocycles. The maximum absolute atomic E-state index is 12.3. The van der Waals surface area contributed by atoms with E-state index in [0.717, 1.165) is 34.6 Å². The molecule has 5 nitrogen and oxygen atoms in total. The van der Waals surface area contributed by atoms with Crippen molar-refractivity contribution in [3.63, 3.8) is 0 Å². The van der Waals surface area contributed by atoms with Crippen molar-refractivity contribution in [2.45, 2.75) is 24.7 Å². The molecule has 0 radical (unpaired) electrons. The Bertz CT molecular complexity index is 856. The average Bonchev–Trinajstić information content (AvgIpc) is 2.95. The fourth-order valence-corrected chi connectivity index (χ4v) is 3.40. The summed E-state index contributed by atoms with van der Waals surface area (Å²) >= 11 is 0. The summed E-state index contributed by atoms with van der Waals surface area (Å²) in [5.74, 6) is 0.797. The van der Waals surface area contributed by atoms with E-state index in [1.165, 1.54) is 0 Å². The number of aryl methyl sites for hydroxylation is 2. The molecule has 1 aliphatic rings. The van der Waals surface area contributed by atoms with E-state index in [9.17, 15) is 8.42 Å². The van der Waals surface area contributed by atoms with Crippen molar-refractivity contribution in [2.75, 3.05) is 7.11 Å². The Balaban J connectivity index is 1.83. The van der Waals surface area contributed by atoms with Crippen LogP contribution in [0.2, 0.25) is 0 Å². The molecule has 0 fully saturated rings. The number of methoxy groups -OCH3 is 1. The first-order chi connectivity index (χ1) is 11.0. The number of hydrogen-bond acceptors (Lipinski definition) is 4. The fraction of sp³-hybridized carbons (Fsp3) is 0.235. The highest BCUT2D eigenvalue weighted by Gasteiger charge is 2.20. The number of ether oxygens (including phenoxy) is 1. The first kappa shape index (κ1) is 15.6. The Morgan fingerprint density at radius 1 is 1.09 bits per heavy atom. The van der Waals surface area contributed by atoms with Gasteiger partial charge in [-0.25, -0.2) is 0 Å². The van der Waals surface area contributed by atoms with Crippen LogP contribution in [0.3, 0.4) is 0 Å². The molecule has 0 aromatic heterocycles. The van der Waals surface area contributed by atoms with Crippen LogP contribution in [-0.2, 0) is 16.4 Å². The largest absolute Gasteiger partial charge is 0.497 e. The van der Waals surface area contributed by atoms with Crippen molar-refractivity contribution < 1.29 is 13.2 Å². The first-order valence-electron chi connectivity index (χ1n) is 7.32. The van der Waals surface area contributed by atoms with Gasteiger partial charge in [-0.2, -0.15) is 18.4 Å². The van der Waals surface area contributed by atoms with Crippen LogP contribution in [-0.4, -0.2) is 21.2 Å². The monoisotopic (exact) mass is 330 g/mol. The number of fused-ring (bicyclic) bond motifs is 1. The lowest BCUT2D eigenvalue weighted by molar-refractivity contribution is 0.414. The van der Waals surface area contributed by atoms with E-state index in [4.69, 9.17) is 4.74 Å². The molecule has 0 spiro atoms. The molecule has 6 heteroatoms. The minimum absolute atomic E-state index is 0.209. The standard InChI is InChI=1S/C17H18N2O3S/c1-12-3-7-15(8-4-12)23(20,21)19-18-17-10-5-13-11-14(22-2)6-9-16(13)17/h3-4,6-9,11,19H,5,10H2,1-2H3/b18-17+. The molecule has 2 aromatic rings. The van der Waals surface area contributed by atoms with E-state index in [-0.39, 0.29) is 4.90 Å². The van der Waals surface area contributed by atoms with Gasteiger partial charge in [-0.15, -0.1) is 0 Å². The molecule has 1 N–H and O–H groups in total. The molecule has 2 aromatic carbocycles. The van der Waals surface area contributed by atoms with Crippen molar-refractivity contribution in [2.24, 2.45) is 5.10 Å². The number of nitrogens with zero attached hydrogens (tertiary/aromatic N) is 1. The summed E-state index contributed by atoms with van der Waals surface area (Å²) in [6, 6.07) is 12.4. The van der Waals surface area contributed by atoms with Crippen LogP contribution in [0, 0.1) is 6.92 Å². The number of rotatable bonds is 4. The fourth-order valence-electron chi connectivity index (χ4n) is 2.57. The summed E-state index contributed by atoms with van der Waals surface area (Å²) in [4.78, 5) is 2.54. The minimum atomic E-state index is -3.64. The van der Waals surface area contributed by atoms with Gasteiger partial charge in [0.1, 0.15) is 5.75 Å². The molecule has 120 valence electrons. The maximum atomic E-state index is 12.3. The van der Waals surface area contributed by atoms with E-state index in [1.54, 1.807) is 31.4 Å². The van der Waals surface area contributed by atoms with Gasteiger partial charge in [-0.1, -0.05) is 17.7 Å². The lowest BCUT2D eigenvalue weighted by atomic mass is 10.1. The van der Waals surface area contributed by atoms with Crippen molar-refractivity contribution in [1.82, 2.24) is 4.83 Å². The number of sulfonamides is 1. The lowest BCUT2D eigenvalue weighted by Crippen LogP contribution is -2.20. The van der Waals surface area contributed by atoms with Gasteiger partial charge in [0.2, 0.25) is 0 Å². The van der Waals surface area contributed by atoms with Crippen LogP contribution < -0.4 is 9.57 Å². The summed E-state index contributed by atoms with van der Waals surface area (Å²) in [6.45, 7) is 1.91. The SMILES string of the molecule is COc1ccc2c(c1)CC/C2=N\NS(=O)(=O)c1ccc(C)cc1. The third-order valence-corrected chi connectivity index (χ3v) is 5.11. The third kappa shape index (κ3) is 3.22. The van der Waals surface area contributed by atoms with Gasteiger partial charge in [0.25, 0.3) is 10.0 Å². The number of nitrogens with one attached hydrogen (secondary N) is 1. The van der Waals surface area contributed by atoms with Crippen molar-refractivity contribution in [1.29, 1.82) is 0 Å². The zero-order valence-electron chi connectivity index (χ0n) is 13.0. The zero-order chi connectivity index (χ0) is 16.4. The van der Waals surface area contributed by atoms with Gasteiger partial charge in [-0.3, -0.25) is 0 Å². The summed E-state index contributed by atoms with van der Waals surface area (Å²) in [5.41, 5.74) is 3.85. The Kier molecular flexibility index (Phi) is 4.09. The molecule has 0 saturated heterocycles. The highest BCUT2D eigenvalue weighted by Crippen LogP contribution is 2.26. The van der Waals surface area contributed by atoms with Crippen LogP contribution >= 0.6 is 0 Å². The molecule has 0 saturated carbocycles. The summed E-state index contributed by atoms with van der Waals surface area (Å²) in [6.07, 6.45) is 1.54. The topological polar surface area (TPSA) is 67.8 Å². The van der Waals surface area contributed by atoms with Crippen LogP contribution in [0.1, 0.15) is 23.1 Å². The number of hydrazone groups is 1. The Morgan fingerprint density at radius 3 is 2.52 bits per heavy atom. The van der Waals surface area contributed by atoms with Gasteiger partial charge in [0.05, 0.1) is 17.7 Å². The van der Waals surface area contributed by atoms with E-state index in [2.05, 4.69) is 9.93 Å². The molecule has 0 amide bonds. The smallest absolute Gasteiger partial charge is 0.276 e. The Morgan fingerprint density at radius 2 is 1.83 bits per heavy atom. The van der Waals surface area contributed by atoms with Gasteiger partial charge in [0, 0.05) is 5.56 Å². The van der Waals surface area contributed by atoms with Crippen LogP contribution in [0.5, 0.6) is 5.75 Å². The normalized spacial score (nSPS) is 15.5. The predicted molar refractivity (Wildman–Crippen MR) is 89.4 cm³/mol. The third-order valence-electron chi connectivity index (χ3n) is 3.89. The van der Waals surface area contributed by atoms with Gasteiger partial charge in [0.15, 0.2) is 0 Å². The molecule has 23 heavy (non-hydrogen) atoms. The predicted octanol–water partition coefficient (Wildman–Crippen LogP) is 2.63. The van der Waals surface area contributed by atoms with Crippen molar-refractivity contribution >= 4 is 15.7 Å². The molecule has 0 atom stereocenters. The Hall–Kier alpha value is -2.34. The van der Waals surface area contributed by atoms with Crippen molar-refractivity contribution in [3.8, 4) is 5.75 Å². The number of benzene rings is 2. The van der Waals surface area contributed by atoms with E-state index in [1.807, 2.05) is 25.1 Å². The average molecular weight is 330 g/mol. The van der Waals surface area contributed by atoms with Gasteiger partial charge in [-0.05, 0) is 55.7 Å². The molecule has 0 unspecified atom stereocenters. The maximum Gasteiger partial charge on any atom is 0.276 e. The van der Waals surface area contributed by atoms with Crippen LogP contribution in [0.15, 0.2) is 52.5 Å². The van der Waals surface area contributed by atoms with Crippen LogP contribution in [0.25, 0.3) is 0 Å². The molecular weight excluding hydrogens is 312 g/mol. The summed E-state index contributed by atoms with van der Waals surface area (Å²) < 4.78 is 29.8. The van der Waals surface area contributed by atoms with Gasteiger partial charge < -0.3 is 4.74 Å². The van der Waals surface area contributed by atoms with Crippen molar-refractivity contribution in [3.05, 3.63) is 59.2 Å². The second-order valence-corrected chi connectivity index (χ2v) is 7.15. The first-order valence-corrected chi connectivity index (χ1v) is 8.80. The van der Waals surface area contributed by atoms with Gasteiger partial charge >= 0.3 is 0 Å². The molecule has 0 aliphatic heterocycles. The second kappa shape index (κ2) is 6.04. The molecule has 0 bridgehead atoms. The summed E-state index contributed by atoms with van der Waals surface area (Å²) in [5, 5.41) is 4.13. The highest BCUT2D eigenvalue weighted by atomic mass is 32.2. The minimum Gasteiger partial charge on any atom is -0.497 e. The Labute approximate surface area is 136 Å².